The topological polar surface area (TPSA) is 65.8 Å². The predicted molar refractivity (Wildman–Crippen MR) is 107 cm³/mol. The first-order valence-corrected chi connectivity index (χ1v) is 10.3. The monoisotopic (exact) mass is 382 g/mol. The van der Waals surface area contributed by atoms with Crippen molar-refractivity contribution >= 4 is 33.7 Å². The lowest BCUT2D eigenvalue weighted by molar-refractivity contribution is 0.0936. The van der Waals surface area contributed by atoms with E-state index >= 15 is 0 Å². The van der Waals surface area contributed by atoms with E-state index in [2.05, 4.69) is 35.6 Å². The van der Waals surface area contributed by atoms with E-state index in [4.69, 9.17) is 0 Å². The Kier molecular flexibility index (Phi) is 4.20. The van der Waals surface area contributed by atoms with Gasteiger partial charge in [-0.25, -0.2) is 9.97 Å². The van der Waals surface area contributed by atoms with Crippen molar-refractivity contribution in [1.29, 1.82) is 0 Å². The number of thiazole rings is 1. The molecule has 7 nitrogen and oxygen atoms in total. The van der Waals surface area contributed by atoms with Crippen LogP contribution in [0.2, 0.25) is 0 Å². The fraction of sp³-hybridized carbons (Fsp3) is 0.421. The molecule has 0 saturated carbocycles. The molecule has 8 heteroatoms. The highest BCUT2D eigenvalue weighted by Crippen LogP contribution is 2.26. The van der Waals surface area contributed by atoms with Gasteiger partial charge in [0.2, 0.25) is 0 Å². The number of rotatable bonds is 4. The summed E-state index contributed by atoms with van der Waals surface area (Å²) in [5.41, 5.74) is 1.63. The summed E-state index contributed by atoms with van der Waals surface area (Å²) < 4.78 is 2.07. The molecule has 0 aromatic carbocycles. The summed E-state index contributed by atoms with van der Waals surface area (Å²) in [5, 5.41) is 5.99. The lowest BCUT2D eigenvalue weighted by Crippen LogP contribution is -2.37. The number of nitrogens with zero attached hydrogens (tertiary/aromatic N) is 5. The van der Waals surface area contributed by atoms with Crippen LogP contribution in [0.5, 0.6) is 0 Å². The molecule has 0 aliphatic carbocycles. The highest BCUT2D eigenvalue weighted by molar-refractivity contribution is 7.13. The number of hydrogen-bond acceptors (Lipinski definition) is 6. The number of amides is 1. The fourth-order valence-corrected chi connectivity index (χ4v) is 4.81. The van der Waals surface area contributed by atoms with E-state index in [1.165, 1.54) is 12.8 Å². The van der Waals surface area contributed by atoms with Crippen molar-refractivity contribution in [3.63, 3.8) is 0 Å². The molecule has 2 fully saturated rings. The quantitative estimate of drug-likeness (QED) is 0.751. The average Bonchev–Trinajstić information content (AvgIpc) is 3.48. The summed E-state index contributed by atoms with van der Waals surface area (Å²) in [5.74, 6) is 0.904. The Balaban J connectivity index is 1.24. The normalized spacial score (nSPS) is 19.9. The molecule has 1 atom stereocenters. The summed E-state index contributed by atoms with van der Waals surface area (Å²) in [4.78, 5) is 26.2. The zero-order valence-electron chi connectivity index (χ0n) is 15.0. The van der Waals surface area contributed by atoms with Crippen molar-refractivity contribution in [2.45, 2.75) is 25.3 Å². The lowest BCUT2D eigenvalue weighted by Gasteiger charge is -2.19. The van der Waals surface area contributed by atoms with Gasteiger partial charge in [0, 0.05) is 56.2 Å². The molecule has 0 spiro atoms. The van der Waals surface area contributed by atoms with Gasteiger partial charge in [0.1, 0.15) is 5.69 Å². The average molecular weight is 382 g/mol. The fourth-order valence-electron chi connectivity index (χ4n) is 3.95. The molecular formula is C19H22N6OS. The minimum atomic E-state index is -0.0719. The predicted octanol–water partition coefficient (Wildman–Crippen LogP) is 2.40. The summed E-state index contributed by atoms with van der Waals surface area (Å²) in [6.07, 6.45) is 9.13. The van der Waals surface area contributed by atoms with Gasteiger partial charge in [0.05, 0.1) is 5.52 Å². The van der Waals surface area contributed by atoms with E-state index in [1.807, 2.05) is 30.0 Å². The van der Waals surface area contributed by atoms with Gasteiger partial charge in [-0.3, -0.25) is 4.79 Å². The Labute approximate surface area is 161 Å². The van der Waals surface area contributed by atoms with Crippen LogP contribution in [-0.4, -0.2) is 52.5 Å². The van der Waals surface area contributed by atoms with Gasteiger partial charge in [-0.15, -0.1) is 11.3 Å². The van der Waals surface area contributed by atoms with Gasteiger partial charge in [-0.05, 0) is 31.4 Å². The summed E-state index contributed by atoms with van der Waals surface area (Å²) >= 11 is 1.56. The van der Waals surface area contributed by atoms with Crippen LogP contribution in [0, 0.1) is 0 Å². The minimum absolute atomic E-state index is 0.0719. The second-order valence-electron chi connectivity index (χ2n) is 7.17. The van der Waals surface area contributed by atoms with Crippen molar-refractivity contribution < 1.29 is 4.79 Å². The first-order valence-electron chi connectivity index (χ1n) is 9.46. The zero-order chi connectivity index (χ0) is 18.2. The first-order chi connectivity index (χ1) is 13.3. The molecule has 1 N–H and O–H groups in total. The SMILES string of the molecule is O=C(N[C@H]1CCN(c2nccn3cccc23)C1)c1csc(N2CCCC2)n1. The van der Waals surface area contributed by atoms with E-state index in [9.17, 15) is 4.79 Å². The van der Waals surface area contributed by atoms with Crippen LogP contribution in [0.3, 0.4) is 0 Å². The minimum Gasteiger partial charge on any atom is -0.353 e. The molecule has 2 aliphatic heterocycles. The van der Waals surface area contributed by atoms with Crippen LogP contribution in [0.4, 0.5) is 10.9 Å². The Hall–Kier alpha value is -2.61. The molecule has 3 aromatic rings. The first kappa shape index (κ1) is 16.6. The van der Waals surface area contributed by atoms with E-state index in [0.29, 0.717) is 5.69 Å². The second-order valence-corrected chi connectivity index (χ2v) is 8.00. The molecule has 140 valence electrons. The molecule has 2 saturated heterocycles. The van der Waals surface area contributed by atoms with Gasteiger partial charge >= 0.3 is 0 Å². The Morgan fingerprint density at radius 3 is 2.96 bits per heavy atom. The molecule has 5 heterocycles. The second kappa shape index (κ2) is 6.84. The summed E-state index contributed by atoms with van der Waals surface area (Å²) in [6.45, 7) is 3.75. The van der Waals surface area contributed by atoms with E-state index < -0.39 is 0 Å². The molecule has 1 amide bonds. The number of nitrogens with one attached hydrogen (secondary N) is 1. The molecule has 0 bridgehead atoms. The highest BCUT2D eigenvalue weighted by atomic mass is 32.1. The van der Waals surface area contributed by atoms with Gasteiger partial charge in [0.15, 0.2) is 10.9 Å². The van der Waals surface area contributed by atoms with Crippen LogP contribution in [0.25, 0.3) is 5.52 Å². The maximum absolute atomic E-state index is 12.6. The van der Waals surface area contributed by atoms with Crippen molar-refractivity contribution in [3.05, 3.63) is 41.8 Å². The van der Waals surface area contributed by atoms with Gasteiger partial charge in [-0.2, -0.15) is 0 Å². The molecular weight excluding hydrogens is 360 g/mol. The Morgan fingerprint density at radius 1 is 1.19 bits per heavy atom. The maximum atomic E-state index is 12.6. The molecule has 27 heavy (non-hydrogen) atoms. The number of hydrogen-bond donors (Lipinski definition) is 1. The number of anilines is 2. The van der Waals surface area contributed by atoms with Gasteiger partial charge in [0.25, 0.3) is 5.91 Å². The third-order valence-corrected chi connectivity index (χ3v) is 6.26. The third-order valence-electron chi connectivity index (χ3n) is 5.36. The smallest absolute Gasteiger partial charge is 0.271 e. The molecule has 2 aliphatic rings. The van der Waals surface area contributed by atoms with E-state index in [0.717, 1.165) is 49.1 Å². The van der Waals surface area contributed by atoms with Crippen molar-refractivity contribution in [3.8, 4) is 0 Å². The number of carbonyl (C=O) groups is 1. The van der Waals surface area contributed by atoms with Gasteiger partial charge in [-0.1, -0.05) is 0 Å². The highest BCUT2D eigenvalue weighted by Gasteiger charge is 2.27. The number of carbonyl (C=O) groups excluding carboxylic acids is 1. The number of aromatic nitrogens is 3. The van der Waals surface area contributed by atoms with Crippen molar-refractivity contribution in [2.24, 2.45) is 0 Å². The Bertz CT molecular complexity index is 960. The molecule has 0 unspecified atom stereocenters. The number of fused-ring (bicyclic) bond motifs is 1. The van der Waals surface area contributed by atoms with E-state index in [1.54, 1.807) is 11.3 Å². The van der Waals surface area contributed by atoms with Crippen LogP contribution in [-0.2, 0) is 0 Å². The maximum Gasteiger partial charge on any atom is 0.271 e. The molecule has 0 radical (unpaired) electrons. The standard InChI is InChI=1S/C19H22N6OS/c26-18(15-13-27-19(22-15)24-7-1-2-8-24)21-14-5-10-25(12-14)17-16-4-3-9-23(16)11-6-20-17/h3-4,6,9,11,13-14H,1-2,5,7-8,10,12H2,(H,21,26)/t14-/m0/s1. The van der Waals surface area contributed by atoms with Crippen molar-refractivity contribution in [1.82, 2.24) is 19.7 Å². The van der Waals surface area contributed by atoms with Gasteiger partial charge < -0.3 is 19.5 Å². The van der Waals surface area contributed by atoms with Crippen LogP contribution >= 0.6 is 11.3 Å². The molecule has 3 aromatic heterocycles. The van der Waals surface area contributed by atoms with Crippen molar-refractivity contribution in [2.75, 3.05) is 36.0 Å². The van der Waals surface area contributed by atoms with Crippen LogP contribution < -0.4 is 15.1 Å². The lowest BCUT2D eigenvalue weighted by atomic mass is 10.2. The summed E-state index contributed by atoms with van der Waals surface area (Å²) in [6, 6.07) is 4.21. The summed E-state index contributed by atoms with van der Waals surface area (Å²) in [7, 11) is 0. The van der Waals surface area contributed by atoms with E-state index in [-0.39, 0.29) is 11.9 Å². The largest absolute Gasteiger partial charge is 0.353 e. The van der Waals surface area contributed by atoms with Crippen LogP contribution in [0.1, 0.15) is 29.8 Å². The third kappa shape index (κ3) is 3.14. The Morgan fingerprint density at radius 2 is 2.07 bits per heavy atom. The molecule has 5 rings (SSSR count). The van der Waals surface area contributed by atoms with Crippen LogP contribution in [0.15, 0.2) is 36.1 Å². The zero-order valence-corrected chi connectivity index (χ0v) is 15.9.